The molecule has 0 aliphatic carbocycles. The van der Waals surface area contributed by atoms with Crippen LogP contribution in [0.3, 0.4) is 0 Å². The number of benzene rings is 3. The van der Waals surface area contributed by atoms with Crippen molar-refractivity contribution in [3.05, 3.63) is 86.9 Å². The number of rotatable bonds is 12. The van der Waals surface area contributed by atoms with E-state index in [0.717, 1.165) is 40.7 Å². The molecule has 4 rings (SSSR count). The maximum absolute atomic E-state index is 6.53. The van der Waals surface area contributed by atoms with E-state index >= 15 is 0 Å². The summed E-state index contributed by atoms with van der Waals surface area (Å²) in [6, 6.07) is 18.8. The van der Waals surface area contributed by atoms with Crippen LogP contribution in [0.2, 0.25) is 15.1 Å². The lowest BCUT2D eigenvalue weighted by Gasteiger charge is -2.15. The highest BCUT2D eigenvalue weighted by Crippen LogP contribution is 2.34. The SMILES string of the molecule is COc1cc(CNCCCSc2nnnn2-c2ccccc2)c(Cl)cc1OCc1ccc(Cl)cc1Cl. The molecule has 3 aromatic carbocycles. The van der Waals surface area contributed by atoms with E-state index in [-0.39, 0.29) is 6.61 Å². The molecule has 188 valence electrons. The van der Waals surface area contributed by atoms with Crippen LogP contribution in [0.15, 0.2) is 65.8 Å². The van der Waals surface area contributed by atoms with E-state index in [1.165, 1.54) is 0 Å². The van der Waals surface area contributed by atoms with E-state index < -0.39 is 0 Å². The van der Waals surface area contributed by atoms with Crippen molar-refractivity contribution in [3.8, 4) is 17.2 Å². The Morgan fingerprint density at radius 3 is 2.53 bits per heavy atom. The number of halogens is 3. The highest BCUT2D eigenvalue weighted by atomic mass is 35.5. The first kappa shape index (κ1) is 26.6. The summed E-state index contributed by atoms with van der Waals surface area (Å²) in [6.45, 7) is 1.68. The number of tetrazole rings is 1. The van der Waals surface area contributed by atoms with E-state index in [2.05, 4.69) is 20.8 Å². The third-order valence-electron chi connectivity index (χ3n) is 5.22. The molecular formula is C25H24Cl3N5O2S. The lowest BCUT2D eigenvalue weighted by molar-refractivity contribution is 0.284. The second-order valence-corrected chi connectivity index (χ2v) is 10.0. The lowest BCUT2D eigenvalue weighted by Crippen LogP contribution is -2.16. The van der Waals surface area contributed by atoms with Gasteiger partial charge in [-0.05, 0) is 59.3 Å². The Morgan fingerprint density at radius 2 is 1.75 bits per heavy atom. The smallest absolute Gasteiger partial charge is 0.214 e. The van der Waals surface area contributed by atoms with Gasteiger partial charge in [-0.3, -0.25) is 0 Å². The first-order valence-corrected chi connectivity index (χ1v) is 13.3. The van der Waals surface area contributed by atoms with Gasteiger partial charge in [0.15, 0.2) is 11.5 Å². The molecule has 0 unspecified atom stereocenters. The van der Waals surface area contributed by atoms with Crippen LogP contribution in [0.5, 0.6) is 11.5 Å². The summed E-state index contributed by atoms with van der Waals surface area (Å²) in [7, 11) is 1.60. The summed E-state index contributed by atoms with van der Waals surface area (Å²) in [5.41, 5.74) is 2.68. The number of aromatic nitrogens is 4. The standard InChI is InChI=1S/C25H24Cl3N5O2S/c1-34-23-12-18(22(28)14-24(23)35-16-17-8-9-19(26)13-21(17)27)15-29-10-5-11-36-25-30-31-32-33(25)20-6-3-2-4-7-20/h2-4,6-9,12-14,29H,5,10-11,15-16H2,1H3. The van der Waals surface area contributed by atoms with Gasteiger partial charge in [0.05, 0.1) is 12.8 Å². The average molecular weight is 565 g/mol. The molecule has 4 aromatic rings. The number of hydrogen-bond acceptors (Lipinski definition) is 7. The molecule has 0 saturated heterocycles. The number of nitrogens with one attached hydrogen (secondary N) is 1. The maximum atomic E-state index is 6.53. The molecule has 11 heteroatoms. The molecule has 0 fully saturated rings. The average Bonchev–Trinajstić information content (AvgIpc) is 3.35. The van der Waals surface area contributed by atoms with Gasteiger partial charge in [0.25, 0.3) is 0 Å². The number of para-hydroxylation sites is 1. The predicted octanol–water partition coefficient (Wildman–Crippen LogP) is 6.48. The van der Waals surface area contributed by atoms with E-state index in [1.54, 1.807) is 41.8 Å². The number of nitrogens with zero attached hydrogens (tertiary/aromatic N) is 4. The van der Waals surface area contributed by atoms with Crippen molar-refractivity contribution in [1.82, 2.24) is 25.5 Å². The van der Waals surface area contributed by atoms with Crippen LogP contribution >= 0.6 is 46.6 Å². The minimum absolute atomic E-state index is 0.269. The van der Waals surface area contributed by atoms with Crippen molar-refractivity contribution in [2.24, 2.45) is 0 Å². The Balaban J connectivity index is 1.25. The third kappa shape index (κ3) is 7.05. The molecule has 0 saturated carbocycles. The monoisotopic (exact) mass is 563 g/mol. The zero-order valence-corrected chi connectivity index (χ0v) is 22.5. The number of hydrogen-bond donors (Lipinski definition) is 1. The normalized spacial score (nSPS) is 11.0. The molecule has 1 heterocycles. The fraction of sp³-hybridized carbons (Fsp3) is 0.240. The molecule has 0 aliphatic rings. The van der Waals surface area contributed by atoms with Crippen molar-refractivity contribution in [1.29, 1.82) is 0 Å². The molecule has 1 aromatic heterocycles. The minimum atomic E-state index is 0.269. The van der Waals surface area contributed by atoms with Crippen LogP contribution in [0.1, 0.15) is 17.5 Å². The summed E-state index contributed by atoms with van der Waals surface area (Å²) in [4.78, 5) is 0. The number of ether oxygens (including phenoxy) is 2. The van der Waals surface area contributed by atoms with Crippen molar-refractivity contribution >= 4 is 46.6 Å². The molecular weight excluding hydrogens is 541 g/mol. The van der Waals surface area contributed by atoms with Crippen molar-refractivity contribution in [2.75, 3.05) is 19.4 Å². The van der Waals surface area contributed by atoms with Crippen LogP contribution in [0, 0.1) is 0 Å². The Hall–Kier alpha value is -2.49. The molecule has 0 spiro atoms. The van der Waals surface area contributed by atoms with Crippen LogP contribution in [-0.4, -0.2) is 39.6 Å². The highest BCUT2D eigenvalue weighted by Gasteiger charge is 2.12. The van der Waals surface area contributed by atoms with Gasteiger partial charge in [-0.25, -0.2) is 0 Å². The van der Waals surface area contributed by atoms with Gasteiger partial charge in [0.2, 0.25) is 5.16 Å². The van der Waals surface area contributed by atoms with Crippen molar-refractivity contribution < 1.29 is 9.47 Å². The van der Waals surface area contributed by atoms with Gasteiger partial charge in [-0.1, -0.05) is 70.8 Å². The fourth-order valence-corrected chi connectivity index (χ4v) is 4.88. The van der Waals surface area contributed by atoms with Crippen LogP contribution in [0.25, 0.3) is 5.69 Å². The Bertz CT molecular complexity index is 1290. The zero-order chi connectivity index (χ0) is 25.3. The van der Waals surface area contributed by atoms with E-state index in [4.69, 9.17) is 44.3 Å². The Labute approximate surface area is 229 Å². The summed E-state index contributed by atoms with van der Waals surface area (Å²) in [6.07, 6.45) is 0.935. The van der Waals surface area contributed by atoms with Crippen molar-refractivity contribution in [3.63, 3.8) is 0 Å². The molecule has 0 bridgehead atoms. The van der Waals surface area contributed by atoms with Gasteiger partial charge in [-0.2, -0.15) is 4.68 Å². The topological polar surface area (TPSA) is 74.1 Å². The molecule has 0 aliphatic heterocycles. The molecule has 36 heavy (non-hydrogen) atoms. The van der Waals surface area contributed by atoms with E-state index in [1.807, 2.05) is 42.5 Å². The van der Waals surface area contributed by atoms with Crippen LogP contribution < -0.4 is 14.8 Å². The van der Waals surface area contributed by atoms with Gasteiger partial charge >= 0.3 is 0 Å². The Morgan fingerprint density at radius 1 is 0.944 bits per heavy atom. The quantitative estimate of drug-likeness (QED) is 0.156. The van der Waals surface area contributed by atoms with Crippen LogP contribution in [0.4, 0.5) is 0 Å². The second kappa shape index (κ2) is 13.2. The molecule has 0 radical (unpaired) electrons. The van der Waals surface area contributed by atoms with Gasteiger partial charge in [0.1, 0.15) is 6.61 Å². The van der Waals surface area contributed by atoms with E-state index in [9.17, 15) is 0 Å². The molecule has 1 N–H and O–H groups in total. The number of thioether (sulfide) groups is 1. The lowest BCUT2D eigenvalue weighted by atomic mass is 10.2. The first-order chi connectivity index (χ1) is 17.5. The Kier molecular flexibility index (Phi) is 9.72. The molecule has 0 atom stereocenters. The minimum Gasteiger partial charge on any atom is -0.493 e. The number of methoxy groups -OCH3 is 1. The largest absolute Gasteiger partial charge is 0.493 e. The highest BCUT2D eigenvalue weighted by molar-refractivity contribution is 7.99. The summed E-state index contributed by atoms with van der Waals surface area (Å²) in [5, 5.41) is 17.9. The first-order valence-electron chi connectivity index (χ1n) is 11.2. The summed E-state index contributed by atoms with van der Waals surface area (Å²) < 4.78 is 13.2. The van der Waals surface area contributed by atoms with E-state index in [0.29, 0.717) is 33.1 Å². The summed E-state index contributed by atoms with van der Waals surface area (Å²) >= 11 is 20.4. The maximum Gasteiger partial charge on any atom is 0.214 e. The molecule has 0 amide bonds. The van der Waals surface area contributed by atoms with Crippen molar-refractivity contribution in [2.45, 2.75) is 24.7 Å². The van der Waals surface area contributed by atoms with Crippen LogP contribution in [-0.2, 0) is 13.2 Å². The molecule has 7 nitrogen and oxygen atoms in total. The summed E-state index contributed by atoms with van der Waals surface area (Å²) in [5.74, 6) is 2.02. The zero-order valence-electron chi connectivity index (χ0n) is 19.5. The van der Waals surface area contributed by atoms with Gasteiger partial charge in [-0.15, -0.1) is 5.10 Å². The van der Waals surface area contributed by atoms with Gasteiger partial charge in [0, 0.05) is 39.0 Å². The predicted molar refractivity (Wildman–Crippen MR) is 145 cm³/mol. The van der Waals surface area contributed by atoms with Gasteiger partial charge < -0.3 is 14.8 Å². The third-order valence-corrected chi connectivity index (χ3v) is 7.16. The second-order valence-electron chi connectivity index (χ2n) is 7.71. The fourth-order valence-electron chi connectivity index (χ4n) is 3.36.